The minimum Gasteiger partial charge on any atom is -0.484 e. The van der Waals surface area contributed by atoms with Gasteiger partial charge in [0.05, 0.1) is 17.0 Å². The Morgan fingerprint density at radius 1 is 1.25 bits per heavy atom. The number of amides is 1. The molecule has 1 fully saturated rings. The fourth-order valence-corrected chi connectivity index (χ4v) is 5.03. The minimum absolute atomic E-state index is 0.0164. The molecule has 0 unspecified atom stereocenters. The van der Waals surface area contributed by atoms with E-state index in [0.717, 1.165) is 0 Å². The molecule has 134 valence electrons. The lowest BCUT2D eigenvalue weighted by Crippen LogP contribution is -2.49. The number of rotatable bonds is 4. The van der Waals surface area contributed by atoms with Crippen LogP contribution in [-0.2, 0) is 20.0 Å². The summed E-state index contributed by atoms with van der Waals surface area (Å²) in [7, 11) is -1.41. The Morgan fingerprint density at radius 2 is 1.83 bits per heavy atom. The van der Waals surface area contributed by atoms with Crippen LogP contribution in [0.15, 0.2) is 24.3 Å². The van der Waals surface area contributed by atoms with Crippen LogP contribution in [0.3, 0.4) is 0 Å². The van der Waals surface area contributed by atoms with E-state index in [1.165, 1.54) is 10.5 Å². The highest BCUT2D eigenvalue weighted by Crippen LogP contribution is 2.29. The Hall–Kier alpha value is -1.56. The highest BCUT2D eigenvalue weighted by molar-refractivity contribution is 7.91. The molecule has 1 aromatic rings. The summed E-state index contributed by atoms with van der Waals surface area (Å²) in [5.41, 5.74) is 0.619. The Morgan fingerprint density at radius 3 is 2.29 bits per heavy atom. The molecule has 0 aliphatic carbocycles. The van der Waals surface area contributed by atoms with Crippen molar-refractivity contribution in [3.63, 3.8) is 0 Å². The van der Waals surface area contributed by atoms with Gasteiger partial charge in [-0.25, -0.2) is 8.42 Å². The number of nitrogens with zero attached hydrogens (tertiary/aromatic N) is 1. The van der Waals surface area contributed by atoms with Crippen LogP contribution in [0.5, 0.6) is 5.75 Å². The Balaban J connectivity index is 1.96. The molecule has 1 saturated heterocycles. The molecule has 6 heteroatoms. The van der Waals surface area contributed by atoms with Gasteiger partial charge in [-0.2, -0.15) is 0 Å². The van der Waals surface area contributed by atoms with E-state index >= 15 is 0 Å². The van der Waals surface area contributed by atoms with Crippen LogP contribution >= 0.6 is 0 Å². The summed E-state index contributed by atoms with van der Waals surface area (Å²) in [6.07, 6.45) is 0.470. The molecule has 0 spiro atoms. The van der Waals surface area contributed by atoms with E-state index in [1.807, 2.05) is 31.2 Å². The van der Waals surface area contributed by atoms with Gasteiger partial charge < -0.3 is 9.64 Å². The highest BCUT2D eigenvalue weighted by Gasteiger charge is 2.43. The van der Waals surface area contributed by atoms with E-state index in [0.29, 0.717) is 12.2 Å². The highest BCUT2D eigenvalue weighted by atomic mass is 32.2. The summed E-state index contributed by atoms with van der Waals surface area (Å²) in [4.78, 5) is 13.9. The summed E-state index contributed by atoms with van der Waals surface area (Å²) >= 11 is 0. The van der Waals surface area contributed by atoms with Crippen molar-refractivity contribution in [2.45, 2.75) is 45.1 Å². The maximum Gasteiger partial charge on any atom is 0.260 e. The molecule has 1 atom stereocenters. The third kappa shape index (κ3) is 4.29. The van der Waals surface area contributed by atoms with Gasteiger partial charge in [-0.3, -0.25) is 4.79 Å². The second-order valence-corrected chi connectivity index (χ2v) is 10.0. The van der Waals surface area contributed by atoms with Crippen molar-refractivity contribution in [2.24, 2.45) is 0 Å². The normalized spacial score (nSPS) is 23.0. The van der Waals surface area contributed by atoms with Crippen LogP contribution in [-0.4, -0.2) is 49.9 Å². The number of hydrogen-bond acceptors (Lipinski definition) is 4. The number of likely N-dealkylation sites (N-methyl/N-ethyl adjacent to an activating group) is 1. The second kappa shape index (κ2) is 6.39. The Kier molecular flexibility index (Phi) is 5.00. The number of benzene rings is 1. The lowest BCUT2D eigenvalue weighted by molar-refractivity contribution is -0.136. The second-order valence-electron chi connectivity index (χ2n) is 7.85. The van der Waals surface area contributed by atoms with Crippen LogP contribution in [0.1, 0.15) is 39.7 Å². The molecule has 0 saturated carbocycles. The zero-order chi connectivity index (χ0) is 18.2. The van der Waals surface area contributed by atoms with Crippen LogP contribution in [0.4, 0.5) is 0 Å². The predicted molar refractivity (Wildman–Crippen MR) is 95.1 cm³/mol. The van der Waals surface area contributed by atoms with Gasteiger partial charge in [-0.05, 0) is 36.5 Å². The number of carbonyl (C=O) groups excluding carboxylic acids is 1. The van der Waals surface area contributed by atoms with Gasteiger partial charge in [0.15, 0.2) is 16.4 Å². The first kappa shape index (κ1) is 18.8. The summed E-state index contributed by atoms with van der Waals surface area (Å²) in [6, 6.07) is 7.70. The number of sulfone groups is 1. The SMILES string of the molecule is CN(C(=O)COc1ccc(C(C)(C)C)cc1)[C@]1(C)CCS(=O)(=O)C1. The average Bonchev–Trinajstić information content (AvgIpc) is 2.78. The molecular weight excluding hydrogens is 326 g/mol. The van der Waals surface area contributed by atoms with Crippen LogP contribution in [0.25, 0.3) is 0 Å². The third-order valence-electron chi connectivity index (χ3n) is 4.75. The van der Waals surface area contributed by atoms with Gasteiger partial charge in [-0.15, -0.1) is 0 Å². The molecule has 1 aliphatic heterocycles. The lowest BCUT2D eigenvalue weighted by atomic mass is 9.87. The molecule has 5 nitrogen and oxygen atoms in total. The quantitative estimate of drug-likeness (QED) is 0.834. The molecule has 2 rings (SSSR count). The fraction of sp³-hybridized carbons (Fsp3) is 0.611. The van der Waals surface area contributed by atoms with Gasteiger partial charge in [0.25, 0.3) is 5.91 Å². The first-order chi connectivity index (χ1) is 10.9. The standard InChI is InChI=1S/C18H27NO4S/c1-17(2,3)14-6-8-15(9-7-14)23-12-16(20)19(5)18(4)10-11-24(21,22)13-18/h6-9H,10-13H2,1-5H3/t18-/m1/s1. The van der Waals surface area contributed by atoms with Crippen molar-refractivity contribution in [1.29, 1.82) is 0 Å². The van der Waals surface area contributed by atoms with Gasteiger partial charge in [0, 0.05) is 7.05 Å². The Bertz CT molecular complexity index is 704. The number of carbonyl (C=O) groups is 1. The van der Waals surface area contributed by atoms with Crippen LogP contribution < -0.4 is 4.74 Å². The molecular formula is C18H27NO4S. The summed E-state index contributed by atoms with van der Waals surface area (Å²) in [6.45, 7) is 8.13. The van der Waals surface area contributed by atoms with E-state index in [1.54, 1.807) is 7.05 Å². The van der Waals surface area contributed by atoms with E-state index in [4.69, 9.17) is 4.74 Å². The van der Waals surface area contributed by atoms with Crippen molar-refractivity contribution in [1.82, 2.24) is 4.90 Å². The van der Waals surface area contributed by atoms with Crippen molar-refractivity contribution in [3.05, 3.63) is 29.8 Å². The molecule has 0 bridgehead atoms. The van der Waals surface area contributed by atoms with Crippen molar-refractivity contribution >= 4 is 15.7 Å². The summed E-state index contributed by atoms with van der Waals surface area (Å²) < 4.78 is 29.0. The zero-order valence-electron chi connectivity index (χ0n) is 15.1. The smallest absolute Gasteiger partial charge is 0.260 e. The molecule has 0 aromatic heterocycles. The maximum absolute atomic E-state index is 12.4. The third-order valence-corrected chi connectivity index (χ3v) is 6.64. The molecule has 0 radical (unpaired) electrons. The van der Waals surface area contributed by atoms with E-state index < -0.39 is 15.4 Å². The van der Waals surface area contributed by atoms with Crippen LogP contribution in [0, 0.1) is 0 Å². The van der Waals surface area contributed by atoms with Gasteiger partial charge in [-0.1, -0.05) is 32.9 Å². The zero-order valence-corrected chi connectivity index (χ0v) is 15.9. The largest absolute Gasteiger partial charge is 0.484 e. The van der Waals surface area contributed by atoms with Gasteiger partial charge in [0.1, 0.15) is 5.75 Å². The van der Waals surface area contributed by atoms with Gasteiger partial charge in [0.2, 0.25) is 0 Å². The minimum atomic E-state index is -3.05. The van der Waals surface area contributed by atoms with Crippen LogP contribution in [0.2, 0.25) is 0 Å². The average molecular weight is 353 g/mol. The monoisotopic (exact) mass is 353 g/mol. The molecule has 1 amide bonds. The first-order valence-corrected chi connectivity index (χ1v) is 9.96. The fourth-order valence-electron chi connectivity index (χ4n) is 2.85. The maximum atomic E-state index is 12.4. The van der Waals surface area contributed by atoms with E-state index in [-0.39, 0.29) is 29.4 Å². The van der Waals surface area contributed by atoms with E-state index in [9.17, 15) is 13.2 Å². The molecule has 1 aromatic carbocycles. The first-order valence-electron chi connectivity index (χ1n) is 8.13. The number of hydrogen-bond donors (Lipinski definition) is 0. The summed E-state index contributed by atoms with van der Waals surface area (Å²) in [5, 5.41) is 0. The topological polar surface area (TPSA) is 63.7 Å². The number of ether oxygens (including phenoxy) is 1. The van der Waals surface area contributed by atoms with Crippen molar-refractivity contribution < 1.29 is 17.9 Å². The molecule has 1 heterocycles. The van der Waals surface area contributed by atoms with Gasteiger partial charge >= 0.3 is 0 Å². The lowest BCUT2D eigenvalue weighted by Gasteiger charge is -2.34. The van der Waals surface area contributed by atoms with Crippen molar-refractivity contribution in [2.75, 3.05) is 25.2 Å². The molecule has 24 heavy (non-hydrogen) atoms. The van der Waals surface area contributed by atoms with E-state index in [2.05, 4.69) is 20.8 Å². The Labute approximate surface area is 144 Å². The molecule has 0 N–H and O–H groups in total. The van der Waals surface area contributed by atoms with Crippen molar-refractivity contribution in [3.8, 4) is 5.75 Å². The predicted octanol–water partition coefficient (Wildman–Crippen LogP) is 2.40. The summed E-state index contributed by atoms with van der Waals surface area (Å²) in [5.74, 6) is 0.571. The molecule has 1 aliphatic rings.